The van der Waals surface area contributed by atoms with Gasteiger partial charge < -0.3 is 9.32 Å². The summed E-state index contributed by atoms with van der Waals surface area (Å²) in [5, 5.41) is 8.81. The zero-order valence-corrected chi connectivity index (χ0v) is 29.5. The molecule has 0 N–H and O–H groups in total. The molecule has 9 aromatic rings. The van der Waals surface area contributed by atoms with E-state index in [9.17, 15) is 0 Å². The molecule has 0 aliphatic rings. The molecule has 0 radical (unpaired) electrons. The summed E-state index contributed by atoms with van der Waals surface area (Å²) in [6.45, 7) is 0. The van der Waals surface area contributed by atoms with Crippen molar-refractivity contribution in [3.05, 3.63) is 212 Å². The van der Waals surface area contributed by atoms with Crippen molar-refractivity contribution < 1.29 is 4.42 Å². The van der Waals surface area contributed by atoms with Crippen LogP contribution >= 0.6 is 0 Å². The molecular weight excluding hydrogens is 659 g/mol. The quantitative estimate of drug-likeness (QED) is 0.151. The van der Waals surface area contributed by atoms with Gasteiger partial charge in [0.25, 0.3) is 0 Å². The molecule has 1 aromatic heterocycles. The molecule has 4 heteroatoms. The van der Waals surface area contributed by atoms with Crippen LogP contribution in [0.3, 0.4) is 0 Å². The summed E-state index contributed by atoms with van der Waals surface area (Å²) in [6, 6.07) is 74.0. The second kappa shape index (κ2) is 14.7. The van der Waals surface area contributed by atoms with Gasteiger partial charge in [-0.1, -0.05) is 152 Å². The van der Waals surface area contributed by atoms with E-state index in [1.165, 1.54) is 16.7 Å². The van der Waals surface area contributed by atoms with Gasteiger partial charge >= 0.3 is 0 Å². The summed E-state index contributed by atoms with van der Waals surface area (Å²) in [6.07, 6.45) is 0. The monoisotopic (exact) mass is 693 g/mol. The number of nitrogens with zero attached hydrogens (tertiary/aromatic N) is 3. The van der Waals surface area contributed by atoms with Gasteiger partial charge in [-0.05, 0) is 105 Å². The number of para-hydroxylation sites is 2. The molecule has 0 unspecified atom stereocenters. The second-order valence-corrected chi connectivity index (χ2v) is 13.1. The predicted molar refractivity (Wildman–Crippen MR) is 222 cm³/mol. The van der Waals surface area contributed by atoms with E-state index in [1.807, 2.05) is 30.3 Å². The maximum atomic E-state index is 6.20. The zero-order valence-electron chi connectivity index (χ0n) is 29.5. The Morgan fingerprint density at radius 1 is 0.278 bits per heavy atom. The number of anilines is 3. The van der Waals surface area contributed by atoms with E-state index in [1.54, 1.807) is 0 Å². The van der Waals surface area contributed by atoms with Crippen molar-refractivity contribution in [2.24, 2.45) is 0 Å². The Labute approximate surface area is 315 Å². The highest BCUT2D eigenvalue weighted by Gasteiger charge is 2.16. The van der Waals surface area contributed by atoms with E-state index in [-0.39, 0.29) is 0 Å². The topological polar surface area (TPSA) is 42.2 Å². The molecule has 54 heavy (non-hydrogen) atoms. The van der Waals surface area contributed by atoms with Crippen LogP contribution < -0.4 is 4.90 Å². The zero-order chi connectivity index (χ0) is 36.1. The van der Waals surface area contributed by atoms with Crippen LogP contribution in [0.2, 0.25) is 0 Å². The number of aromatic nitrogens is 2. The molecule has 9 rings (SSSR count). The fourth-order valence-electron chi connectivity index (χ4n) is 7.04. The van der Waals surface area contributed by atoms with Crippen molar-refractivity contribution in [1.29, 1.82) is 0 Å². The van der Waals surface area contributed by atoms with Gasteiger partial charge in [0.2, 0.25) is 11.8 Å². The van der Waals surface area contributed by atoms with E-state index >= 15 is 0 Å². The van der Waals surface area contributed by atoms with E-state index in [0.29, 0.717) is 11.8 Å². The van der Waals surface area contributed by atoms with Crippen LogP contribution in [0.25, 0.3) is 67.4 Å². The van der Waals surface area contributed by atoms with Crippen LogP contribution in [0.4, 0.5) is 17.1 Å². The molecule has 0 bridgehead atoms. The Hall–Kier alpha value is -7.30. The highest BCUT2D eigenvalue weighted by Crippen LogP contribution is 2.40. The maximum Gasteiger partial charge on any atom is 0.248 e. The van der Waals surface area contributed by atoms with Crippen molar-refractivity contribution in [3.63, 3.8) is 0 Å². The molecule has 0 atom stereocenters. The van der Waals surface area contributed by atoms with Crippen molar-refractivity contribution in [2.75, 3.05) is 4.90 Å². The van der Waals surface area contributed by atoms with Gasteiger partial charge in [0.1, 0.15) is 0 Å². The molecule has 1 heterocycles. The van der Waals surface area contributed by atoms with Gasteiger partial charge in [-0.2, -0.15) is 0 Å². The molecule has 0 spiro atoms. The molecule has 4 nitrogen and oxygen atoms in total. The van der Waals surface area contributed by atoms with Gasteiger partial charge in [0.05, 0.1) is 0 Å². The SMILES string of the molecule is c1ccc(-c2cccc(-c3nnc(-c4ccc(-c5ccccc5-c5ccccc5-c5ccc(N(c6ccccc6)c6ccccc6)cc5)cc4)o3)c2)cc1. The van der Waals surface area contributed by atoms with Crippen LogP contribution in [0.5, 0.6) is 0 Å². The third-order valence-corrected chi connectivity index (χ3v) is 9.69. The Kier molecular flexibility index (Phi) is 8.90. The summed E-state index contributed by atoms with van der Waals surface area (Å²) in [4.78, 5) is 2.28. The highest BCUT2D eigenvalue weighted by atomic mass is 16.4. The van der Waals surface area contributed by atoms with Crippen LogP contribution in [0.15, 0.2) is 217 Å². The molecule has 0 aliphatic carbocycles. The van der Waals surface area contributed by atoms with E-state index < -0.39 is 0 Å². The normalized spacial score (nSPS) is 11.0. The minimum atomic E-state index is 0.488. The lowest BCUT2D eigenvalue weighted by atomic mass is 9.89. The molecule has 8 aromatic carbocycles. The number of hydrogen-bond donors (Lipinski definition) is 0. The Bertz CT molecular complexity index is 2590. The number of benzene rings is 8. The highest BCUT2D eigenvalue weighted by molar-refractivity contribution is 5.92. The van der Waals surface area contributed by atoms with Crippen molar-refractivity contribution in [2.45, 2.75) is 0 Å². The summed E-state index contributed by atoms with van der Waals surface area (Å²) in [7, 11) is 0. The lowest BCUT2D eigenvalue weighted by Crippen LogP contribution is -2.09. The first-order chi connectivity index (χ1) is 26.8. The minimum Gasteiger partial charge on any atom is -0.416 e. The number of hydrogen-bond acceptors (Lipinski definition) is 4. The first-order valence-corrected chi connectivity index (χ1v) is 18.1. The fraction of sp³-hybridized carbons (Fsp3) is 0. The molecule has 0 fully saturated rings. The maximum absolute atomic E-state index is 6.20. The van der Waals surface area contributed by atoms with E-state index in [0.717, 1.165) is 56.0 Å². The first kappa shape index (κ1) is 32.6. The Morgan fingerprint density at radius 2 is 0.667 bits per heavy atom. The summed E-state index contributed by atoms with van der Waals surface area (Å²) in [5.41, 5.74) is 14.3. The summed E-state index contributed by atoms with van der Waals surface area (Å²) < 4.78 is 6.20. The van der Waals surface area contributed by atoms with Crippen molar-refractivity contribution in [3.8, 4) is 67.4 Å². The molecular formula is C50H35N3O. The van der Waals surface area contributed by atoms with Crippen molar-refractivity contribution >= 4 is 17.1 Å². The van der Waals surface area contributed by atoms with Gasteiger partial charge in [-0.3, -0.25) is 0 Å². The van der Waals surface area contributed by atoms with E-state index in [2.05, 4.69) is 197 Å². The lowest BCUT2D eigenvalue weighted by Gasteiger charge is -2.25. The molecule has 0 amide bonds. The molecule has 0 aliphatic heterocycles. The van der Waals surface area contributed by atoms with Gasteiger partial charge in [-0.25, -0.2) is 0 Å². The second-order valence-electron chi connectivity index (χ2n) is 13.1. The molecule has 256 valence electrons. The van der Waals surface area contributed by atoms with Crippen LogP contribution in [-0.2, 0) is 0 Å². The standard InChI is InChI=1S/C50H35N3O/c1-4-15-36(16-5-1)40-17-14-18-41(35-40)50-52-51-49(54-50)39-29-27-37(28-30-39)45-23-10-12-25-47(45)48-26-13-11-24-46(48)38-31-33-44(34-32-38)53(42-19-6-2-7-20-42)43-21-8-3-9-22-43/h1-35H. The fourth-order valence-corrected chi connectivity index (χ4v) is 7.04. The Balaban J connectivity index is 1.00. The Morgan fingerprint density at radius 3 is 1.22 bits per heavy atom. The van der Waals surface area contributed by atoms with Gasteiger partial charge in [0.15, 0.2) is 0 Å². The van der Waals surface area contributed by atoms with Gasteiger partial charge in [0, 0.05) is 28.2 Å². The molecule has 0 saturated carbocycles. The largest absolute Gasteiger partial charge is 0.416 e. The van der Waals surface area contributed by atoms with Crippen LogP contribution in [-0.4, -0.2) is 10.2 Å². The first-order valence-electron chi connectivity index (χ1n) is 18.1. The average molecular weight is 694 g/mol. The van der Waals surface area contributed by atoms with Crippen molar-refractivity contribution in [1.82, 2.24) is 10.2 Å². The third kappa shape index (κ3) is 6.60. The van der Waals surface area contributed by atoms with Crippen LogP contribution in [0.1, 0.15) is 0 Å². The molecule has 0 saturated heterocycles. The van der Waals surface area contributed by atoms with E-state index in [4.69, 9.17) is 4.42 Å². The third-order valence-electron chi connectivity index (χ3n) is 9.69. The smallest absolute Gasteiger partial charge is 0.248 e. The lowest BCUT2D eigenvalue weighted by molar-refractivity contribution is 0.584. The minimum absolute atomic E-state index is 0.488. The summed E-state index contributed by atoms with van der Waals surface area (Å²) >= 11 is 0. The van der Waals surface area contributed by atoms with Crippen LogP contribution in [0, 0.1) is 0 Å². The van der Waals surface area contributed by atoms with Gasteiger partial charge in [-0.15, -0.1) is 10.2 Å². The average Bonchev–Trinajstić information content (AvgIpc) is 3.76. The number of rotatable bonds is 9. The summed E-state index contributed by atoms with van der Waals surface area (Å²) in [5.74, 6) is 0.983. The predicted octanol–water partition coefficient (Wildman–Crippen LogP) is 13.5.